The van der Waals surface area contributed by atoms with Gasteiger partial charge in [0.25, 0.3) is 0 Å². The zero-order chi connectivity index (χ0) is 8.54. The minimum atomic E-state index is -4.50. The molecule has 0 atom stereocenters. The van der Waals surface area contributed by atoms with Crippen molar-refractivity contribution in [3.8, 4) is 0 Å². The quantitative estimate of drug-likeness (QED) is 0.573. The van der Waals surface area contributed by atoms with Crippen molar-refractivity contribution in [1.82, 2.24) is 0 Å². The molecule has 0 bridgehead atoms. The van der Waals surface area contributed by atoms with E-state index in [4.69, 9.17) is 0 Å². The SMILES string of the molecule is C/C=C/C1(OC(F)(F)F)CC1. The molecule has 0 aliphatic heterocycles. The largest absolute Gasteiger partial charge is 0.523 e. The van der Waals surface area contributed by atoms with E-state index in [1.807, 2.05) is 0 Å². The van der Waals surface area contributed by atoms with E-state index in [0.717, 1.165) is 0 Å². The van der Waals surface area contributed by atoms with E-state index in [1.54, 1.807) is 13.0 Å². The molecule has 0 heterocycles. The number of allylic oxidation sites excluding steroid dienone is 1. The number of rotatable bonds is 2. The molecule has 64 valence electrons. The van der Waals surface area contributed by atoms with Crippen LogP contribution in [0.4, 0.5) is 13.2 Å². The summed E-state index contributed by atoms with van der Waals surface area (Å²) < 4.78 is 38.9. The van der Waals surface area contributed by atoms with Gasteiger partial charge >= 0.3 is 6.36 Å². The van der Waals surface area contributed by atoms with Crippen molar-refractivity contribution < 1.29 is 17.9 Å². The second-order valence-electron chi connectivity index (χ2n) is 2.61. The first-order valence-electron chi connectivity index (χ1n) is 3.38. The van der Waals surface area contributed by atoms with Crippen LogP contribution in [-0.2, 0) is 4.74 Å². The Bertz CT molecular complexity index is 167. The summed E-state index contributed by atoms with van der Waals surface area (Å²) in [5, 5.41) is 0. The molecule has 11 heavy (non-hydrogen) atoms. The van der Waals surface area contributed by atoms with Crippen molar-refractivity contribution >= 4 is 0 Å². The average molecular weight is 166 g/mol. The summed E-state index contributed by atoms with van der Waals surface area (Å²) in [6.45, 7) is 1.68. The van der Waals surface area contributed by atoms with Crippen LogP contribution >= 0.6 is 0 Å². The molecule has 1 rings (SSSR count). The highest BCUT2D eigenvalue weighted by Crippen LogP contribution is 2.45. The standard InChI is InChI=1S/C7H9F3O/c1-2-3-6(4-5-6)11-7(8,9)10/h2-3H,4-5H2,1H3/b3-2+. The van der Waals surface area contributed by atoms with E-state index in [2.05, 4.69) is 4.74 Å². The molecule has 4 heteroatoms. The van der Waals surface area contributed by atoms with Crippen LogP contribution in [0.5, 0.6) is 0 Å². The smallest absolute Gasteiger partial charge is 0.281 e. The van der Waals surface area contributed by atoms with Gasteiger partial charge in [0, 0.05) is 0 Å². The van der Waals surface area contributed by atoms with Crippen LogP contribution in [0, 0.1) is 0 Å². The molecule has 1 aliphatic rings. The summed E-state index contributed by atoms with van der Waals surface area (Å²) in [6.07, 6.45) is -0.525. The van der Waals surface area contributed by atoms with E-state index < -0.39 is 12.0 Å². The molecule has 1 fully saturated rings. The Kier molecular flexibility index (Phi) is 1.96. The monoisotopic (exact) mass is 166 g/mol. The number of hydrogen-bond donors (Lipinski definition) is 0. The zero-order valence-electron chi connectivity index (χ0n) is 6.11. The lowest BCUT2D eigenvalue weighted by Gasteiger charge is -2.13. The van der Waals surface area contributed by atoms with Crippen LogP contribution in [-0.4, -0.2) is 12.0 Å². The van der Waals surface area contributed by atoms with E-state index in [0.29, 0.717) is 12.8 Å². The number of hydrogen-bond acceptors (Lipinski definition) is 1. The highest BCUT2D eigenvalue weighted by atomic mass is 19.4. The highest BCUT2D eigenvalue weighted by molar-refractivity contribution is 5.11. The first-order chi connectivity index (χ1) is 4.97. The van der Waals surface area contributed by atoms with E-state index in [9.17, 15) is 13.2 Å². The molecule has 1 saturated carbocycles. The molecule has 0 aromatic rings. The van der Waals surface area contributed by atoms with Crippen LogP contribution in [0.3, 0.4) is 0 Å². The Balaban J connectivity index is 2.48. The molecule has 0 saturated heterocycles. The minimum absolute atomic E-state index is 0.469. The molecule has 0 spiro atoms. The van der Waals surface area contributed by atoms with Crippen LogP contribution in [0.2, 0.25) is 0 Å². The predicted molar refractivity (Wildman–Crippen MR) is 33.9 cm³/mol. The first-order valence-corrected chi connectivity index (χ1v) is 3.38. The Hall–Kier alpha value is -0.510. The summed E-state index contributed by atoms with van der Waals surface area (Å²) in [4.78, 5) is 0. The van der Waals surface area contributed by atoms with Gasteiger partial charge in [-0.3, -0.25) is 4.74 Å². The molecule has 0 aromatic carbocycles. The Labute approximate surface area is 62.8 Å². The van der Waals surface area contributed by atoms with Gasteiger partial charge in [-0.25, -0.2) is 0 Å². The van der Waals surface area contributed by atoms with Gasteiger partial charge in [-0.1, -0.05) is 12.2 Å². The van der Waals surface area contributed by atoms with Crippen molar-refractivity contribution in [3.05, 3.63) is 12.2 Å². The van der Waals surface area contributed by atoms with Crippen molar-refractivity contribution in [2.45, 2.75) is 31.7 Å². The molecule has 0 aromatic heterocycles. The van der Waals surface area contributed by atoms with E-state index in [1.165, 1.54) is 6.08 Å². The summed E-state index contributed by atoms with van der Waals surface area (Å²) in [5.41, 5.74) is -1.02. The van der Waals surface area contributed by atoms with Gasteiger partial charge < -0.3 is 0 Å². The summed E-state index contributed by atoms with van der Waals surface area (Å²) >= 11 is 0. The number of halogens is 3. The molecular formula is C7H9F3O. The third kappa shape index (κ3) is 2.54. The van der Waals surface area contributed by atoms with Gasteiger partial charge in [0.05, 0.1) is 5.60 Å². The third-order valence-corrected chi connectivity index (χ3v) is 1.53. The van der Waals surface area contributed by atoms with Gasteiger partial charge in [0.15, 0.2) is 0 Å². The topological polar surface area (TPSA) is 9.23 Å². The first kappa shape index (κ1) is 8.59. The summed E-state index contributed by atoms with van der Waals surface area (Å²) in [6, 6.07) is 0. The summed E-state index contributed by atoms with van der Waals surface area (Å²) in [7, 11) is 0. The van der Waals surface area contributed by atoms with Crippen LogP contribution in [0.25, 0.3) is 0 Å². The average Bonchev–Trinajstić information content (AvgIpc) is 2.44. The predicted octanol–water partition coefficient (Wildman–Crippen LogP) is 2.63. The van der Waals surface area contributed by atoms with Crippen LogP contribution in [0.1, 0.15) is 19.8 Å². The van der Waals surface area contributed by atoms with E-state index >= 15 is 0 Å². The van der Waals surface area contributed by atoms with Crippen molar-refractivity contribution in [1.29, 1.82) is 0 Å². The van der Waals surface area contributed by atoms with E-state index in [-0.39, 0.29) is 0 Å². The van der Waals surface area contributed by atoms with Gasteiger partial charge in [-0.15, -0.1) is 13.2 Å². The van der Waals surface area contributed by atoms with Crippen molar-refractivity contribution in [2.24, 2.45) is 0 Å². The van der Waals surface area contributed by atoms with Gasteiger partial charge in [-0.05, 0) is 19.8 Å². The van der Waals surface area contributed by atoms with Crippen molar-refractivity contribution in [3.63, 3.8) is 0 Å². The van der Waals surface area contributed by atoms with Crippen LogP contribution in [0.15, 0.2) is 12.2 Å². The second kappa shape index (κ2) is 2.52. The normalized spacial score (nSPS) is 22.5. The van der Waals surface area contributed by atoms with Gasteiger partial charge in [0.2, 0.25) is 0 Å². The maximum absolute atomic E-state index is 11.7. The van der Waals surface area contributed by atoms with Gasteiger partial charge in [0.1, 0.15) is 0 Å². The molecule has 1 nitrogen and oxygen atoms in total. The fraction of sp³-hybridized carbons (Fsp3) is 0.714. The summed E-state index contributed by atoms with van der Waals surface area (Å²) in [5.74, 6) is 0. The Morgan fingerprint density at radius 1 is 1.36 bits per heavy atom. The Morgan fingerprint density at radius 2 is 1.91 bits per heavy atom. The van der Waals surface area contributed by atoms with Crippen LogP contribution < -0.4 is 0 Å². The molecule has 0 amide bonds. The lowest BCUT2D eigenvalue weighted by Crippen LogP contribution is -2.23. The van der Waals surface area contributed by atoms with Crippen molar-refractivity contribution in [2.75, 3.05) is 0 Å². The third-order valence-electron chi connectivity index (χ3n) is 1.53. The fourth-order valence-corrected chi connectivity index (χ4v) is 0.960. The lowest BCUT2D eigenvalue weighted by molar-refractivity contribution is -0.342. The molecule has 0 N–H and O–H groups in total. The highest BCUT2D eigenvalue weighted by Gasteiger charge is 2.50. The zero-order valence-corrected chi connectivity index (χ0v) is 6.11. The second-order valence-corrected chi connectivity index (χ2v) is 2.61. The Morgan fingerprint density at radius 3 is 2.18 bits per heavy atom. The number of alkyl halides is 3. The maximum Gasteiger partial charge on any atom is 0.523 e. The lowest BCUT2D eigenvalue weighted by atomic mass is 10.3. The number of ether oxygens (including phenoxy) is 1. The molecule has 1 aliphatic carbocycles. The minimum Gasteiger partial charge on any atom is -0.281 e. The maximum atomic E-state index is 11.7. The molecular weight excluding hydrogens is 157 g/mol. The fourth-order valence-electron chi connectivity index (χ4n) is 0.960. The molecule has 0 radical (unpaired) electrons. The van der Waals surface area contributed by atoms with Gasteiger partial charge in [-0.2, -0.15) is 0 Å². The molecule has 0 unspecified atom stereocenters.